The molecule has 1 amide bonds. The molecule has 0 saturated carbocycles. The molecule has 7 nitrogen and oxygen atoms in total. The van der Waals surface area contributed by atoms with Gasteiger partial charge in [-0.25, -0.2) is 13.1 Å². The van der Waals surface area contributed by atoms with Crippen molar-refractivity contribution in [1.29, 1.82) is 0 Å². The summed E-state index contributed by atoms with van der Waals surface area (Å²) >= 11 is 0. The van der Waals surface area contributed by atoms with Gasteiger partial charge in [0.1, 0.15) is 5.75 Å². The number of carbonyl (C=O) groups excluding carboxylic acids is 1. The summed E-state index contributed by atoms with van der Waals surface area (Å²) in [4.78, 5) is 14.3. The third-order valence-electron chi connectivity index (χ3n) is 4.42. The number of carbonyl (C=O) groups is 1. The van der Waals surface area contributed by atoms with Gasteiger partial charge in [-0.1, -0.05) is 30.3 Å². The van der Waals surface area contributed by atoms with Gasteiger partial charge >= 0.3 is 0 Å². The van der Waals surface area contributed by atoms with E-state index in [0.29, 0.717) is 18.9 Å². The fraction of sp³-hybridized carbons (Fsp3) is 0.409. The largest absolute Gasteiger partial charge is 0.494 e. The van der Waals surface area contributed by atoms with Crippen LogP contribution in [0.15, 0.2) is 59.5 Å². The lowest BCUT2D eigenvalue weighted by atomic mass is 10.2. The van der Waals surface area contributed by atoms with Crippen LogP contribution in [0.2, 0.25) is 0 Å². The molecule has 164 valence electrons. The van der Waals surface area contributed by atoms with Crippen LogP contribution in [-0.4, -0.2) is 52.5 Å². The summed E-state index contributed by atoms with van der Waals surface area (Å²) in [7, 11) is -1.60. The van der Waals surface area contributed by atoms with Gasteiger partial charge in [-0.05, 0) is 56.8 Å². The highest BCUT2D eigenvalue weighted by molar-refractivity contribution is 7.89. The van der Waals surface area contributed by atoms with Crippen molar-refractivity contribution < 1.29 is 17.9 Å². The molecule has 0 atom stereocenters. The van der Waals surface area contributed by atoms with Gasteiger partial charge in [0.05, 0.1) is 11.5 Å². The minimum atomic E-state index is -3.65. The topological polar surface area (TPSA) is 87.7 Å². The molecule has 0 aliphatic carbocycles. The number of benzene rings is 2. The molecule has 0 bridgehead atoms. The van der Waals surface area contributed by atoms with Crippen molar-refractivity contribution >= 4 is 15.9 Å². The summed E-state index contributed by atoms with van der Waals surface area (Å²) in [6.45, 7) is 4.71. The van der Waals surface area contributed by atoms with Crippen LogP contribution >= 0.6 is 0 Å². The SMILES string of the molecule is CCOc1ccc(S(=O)(=O)NCCC(=O)NCCCN(C)Cc2ccccc2)cc1. The molecular weight excluding hydrogens is 402 g/mol. The minimum Gasteiger partial charge on any atom is -0.494 e. The number of ether oxygens (including phenoxy) is 1. The number of sulfonamides is 1. The van der Waals surface area contributed by atoms with Crippen LogP contribution in [0.3, 0.4) is 0 Å². The average Bonchev–Trinajstić information content (AvgIpc) is 2.72. The van der Waals surface area contributed by atoms with Crippen LogP contribution in [0.1, 0.15) is 25.3 Å². The lowest BCUT2D eigenvalue weighted by Crippen LogP contribution is -2.32. The molecule has 0 saturated heterocycles. The van der Waals surface area contributed by atoms with Gasteiger partial charge in [-0.3, -0.25) is 4.79 Å². The van der Waals surface area contributed by atoms with Crippen molar-refractivity contribution in [3.8, 4) is 5.75 Å². The third kappa shape index (κ3) is 8.52. The Labute approximate surface area is 179 Å². The van der Waals surface area contributed by atoms with Gasteiger partial charge in [0.2, 0.25) is 15.9 Å². The fourth-order valence-electron chi connectivity index (χ4n) is 2.90. The molecule has 0 aromatic heterocycles. The van der Waals surface area contributed by atoms with Gasteiger partial charge < -0.3 is 15.0 Å². The number of hydrogen-bond donors (Lipinski definition) is 2. The van der Waals surface area contributed by atoms with E-state index in [4.69, 9.17) is 4.74 Å². The van der Waals surface area contributed by atoms with E-state index >= 15 is 0 Å². The molecule has 0 heterocycles. The molecule has 0 spiro atoms. The average molecular weight is 434 g/mol. The summed E-state index contributed by atoms with van der Waals surface area (Å²) < 4.78 is 32.3. The van der Waals surface area contributed by atoms with Crippen molar-refractivity contribution in [3.05, 3.63) is 60.2 Å². The molecule has 0 radical (unpaired) electrons. The highest BCUT2D eigenvalue weighted by Crippen LogP contribution is 2.15. The molecule has 8 heteroatoms. The quantitative estimate of drug-likeness (QED) is 0.474. The first-order valence-corrected chi connectivity index (χ1v) is 11.6. The van der Waals surface area contributed by atoms with Crippen LogP contribution in [0, 0.1) is 0 Å². The van der Waals surface area contributed by atoms with Crippen LogP contribution in [0.25, 0.3) is 0 Å². The van der Waals surface area contributed by atoms with Crippen molar-refractivity contribution in [2.75, 3.05) is 33.3 Å². The summed E-state index contributed by atoms with van der Waals surface area (Å²) in [5, 5.41) is 2.83. The lowest BCUT2D eigenvalue weighted by Gasteiger charge is -2.16. The number of nitrogens with one attached hydrogen (secondary N) is 2. The van der Waals surface area contributed by atoms with Crippen molar-refractivity contribution in [1.82, 2.24) is 14.9 Å². The first-order chi connectivity index (χ1) is 14.4. The van der Waals surface area contributed by atoms with E-state index in [-0.39, 0.29) is 23.8 Å². The maximum absolute atomic E-state index is 12.3. The Balaban J connectivity index is 1.62. The van der Waals surface area contributed by atoms with Crippen LogP contribution < -0.4 is 14.8 Å². The Bertz CT molecular complexity index is 871. The van der Waals surface area contributed by atoms with E-state index in [9.17, 15) is 13.2 Å². The van der Waals surface area contributed by atoms with Gasteiger partial charge in [0.15, 0.2) is 0 Å². The number of hydrogen-bond acceptors (Lipinski definition) is 5. The lowest BCUT2D eigenvalue weighted by molar-refractivity contribution is -0.120. The maximum Gasteiger partial charge on any atom is 0.240 e. The molecule has 2 aromatic carbocycles. The molecule has 30 heavy (non-hydrogen) atoms. The molecular formula is C22H31N3O4S. The maximum atomic E-state index is 12.3. The van der Waals surface area contributed by atoms with E-state index in [2.05, 4.69) is 27.1 Å². The van der Waals surface area contributed by atoms with E-state index in [1.165, 1.54) is 17.7 Å². The summed E-state index contributed by atoms with van der Waals surface area (Å²) in [5.74, 6) is 0.445. The zero-order valence-corrected chi connectivity index (χ0v) is 18.5. The van der Waals surface area contributed by atoms with Crippen LogP contribution in [0.4, 0.5) is 0 Å². The van der Waals surface area contributed by atoms with Crippen molar-refractivity contribution in [2.24, 2.45) is 0 Å². The van der Waals surface area contributed by atoms with E-state index in [1.807, 2.05) is 32.2 Å². The summed E-state index contributed by atoms with van der Waals surface area (Å²) in [6, 6.07) is 16.4. The molecule has 2 aromatic rings. The normalized spacial score (nSPS) is 11.4. The van der Waals surface area contributed by atoms with Gasteiger partial charge in [0.25, 0.3) is 0 Å². The number of rotatable bonds is 13. The molecule has 2 N–H and O–H groups in total. The second-order valence-corrected chi connectivity index (χ2v) is 8.75. The predicted molar refractivity (Wildman–Crippen MR) is 118 cm³/mol. The van der Waals surface area contributed by atoms with Gasteiger partial charge in [0, 0.05) is 26.1 Å². The molecule has 0 fully saturated rings. The van der Waals surface area contributed by atoms with E-state index in [0.717, 1.165) is 19.5 Å². The Kier molecular flexibility index (Phi) is 9.79. The summed E-state index contributed by atoms with van der Waals surface area (Å²) in [5.41, 5.74) is 1.25. The molecule has 0 unspecified atom stereocenters. The monoisotopic (exact) mass is 433 g/mol. The number of amides is 1. The summed E-state index contributed by atoms with van der Waals surface area (Å²) in [6.07, 6.45) is 0.920. The Morgan fingerprint density at radius 2 is 1.73 bits per heavy atom. The van der Waals surface area contributed by atoms with E-state index in [1.54, 1.807) is 12.1 Å². The Morgan fingerprint density at radius 1 is 1.03 bits per heavy atom. The first-order valence-electron chi connectivity index (χ1n) is 10.1. The Morgan fingerprint density at radius 3 is 2.40 bits per heavy atom. The first kappa shape index (κ1) is 23.9. The van der Waals surface area contributed by atoms with Crippen molar-refractivity contribution in [3.63, 3.8) is 0 Å². The highest BCUT2D eigenvalue weighted by atomic mass is 32.2. The smallest absolute Gasteiger partial charge is 0.240 e. The van der Waals surface area contributed by atoms with Crippen molar-refractivity contribution in [2.45, 2.75) is 31.2 Å². The minimum absolute atomic E-state index is 0.0509. The fourth-order valence-corrected chi connectivity index (χ4v) is 3.94. The molecule has 2 rings (SSSR count). The van der Waals surface area contributed by atoms with Gasteiger partial charge in [-0.2, -0.15) is 0 Å². The second-order valence-electron chi connectivity index (χ2n) is 6.98. The molecule has 0 aliphatic heterocycles. The van der Waals surface area contributed by atoms with Gasteiger partial charge in [-0.15, -0.1) is 0 Å². The standard InChI is InChI=1S/C22H31N3O4S/c1-3-29-20-10-12-21(13-11-20)30(27,28)24-16-14-22(26)23-15-7-17-25(2)18-19-8-5-4-6-9-19/h4-6,8-13,24H,3,7,14-18H2,1-2H3,(H,23,26). The zero-order chi connectivity index (χ0) is 21.8. The van der Waals surface area contributed by atoms with Crippen LogP contribution in [0.5, 0.6) is 5.75 Å². The second kappa shape index (κ2) is 12.3. The molecule has 0 aliphatic rings. The number of nitrogens with zero attached hydrogens (tertiary/aromatic N) is 1. The highest BCUT2D eigenvalue weighted by Gasteiger charge is 2.14. The Hall–Kier alpha value is -2.42. The third-order valence-corrected chi connectivity index (χ3v) is 5.90. The zero-order valence-electron chi connectivity index (χ0n) is 17.6. The van der Waals surface area contributed by atoms with Crippen LogP contribution in [-0.2, 0) is 21.4 Å². The van der Waals surface area contributed by atoms with E-state index < -0.39 is 10.0 Å². The predicted octanol–water partition coefficient (Wildman–Crippen LogP) is 2.39.